The Hall–Kier alpha value is 0.110. The van der Waals surface area contributed by atoms with Gasteiger partial charge in [0.2, 0.25) is 0 Å². The van der Waals surface area contributed by atoms with Gasteiger partial charge < -0.3 is 5.11 Å². The molecular formula is C14H18Cl2OS. The Kier molecular flexibility index (Phi) is 4.23. The molecule has 1 saturated heterocycles. The zero-order chi connectivity index (χ0) is 13.4. The highest BCUT2D eigenvalue weighted by molar-refractivity contribution is 7.99. The van der Waals surface area contributed by atoms with E-state index in [9.17, 15) is 5.11 Å². The third-order valence-corrected chi connectivity index (χ3v) is 5.53. The SMILES string of the molecule is CC1(C)CSCC(O)(Cc2cc(Cl)ccc2Cl)C1. The molecule has 100 valence electrons. The van der Waals surface area contributed by atoms with E-state index in [2.05, 4.69) is 13.8 Å². The molecule has 18 heavy (non-hydrogen) atoms. The van der Waals surface area contributed by atoms with E-state index in [1.54, 1.807) is 12.1 Å². The molecule has 1 aromatic rings. The molecule has 1 nitrogen and oxygen atoms in total. The highest BCUT2D eigenvalue weighted by Crippen LogP contribution is 2.41. The van der Waals surface area contributed by atoms with Crippen LogP contribution < -0.4 is 0 Å². The monoisotopic (exact) mass is 304 g/mol. The van der Waals surface area contributed by atoms with E-state index < -0.39 is 5.60 Å². The summed E-state index contributed by atoms with van der Waals surface area (Å²) in [5, 5.41) is 12.1. The fourth-order valence-electron chi connectivity index (χ4n) is 2.66. The van der Waals surface area contributed by atoms with Gasteiger partial charge >= 0.3 is 0 Å². The van der Waals surface area contributed by atoms with Crippen molar-refractivity contribution in [1.82, 2.24) is 0 Å². The normalized spacial score (nSPS) is 27.2. The average molecular weight is 305 g/mol. The summed E-state index contributed by atoms with van der Waals surface area (Å²) in [6.45, 7) is 4.40. The Balaban J connectivity index is 2.19. The summed E-state index contributed by atoms with van der Waals surface area (Å²) in [6.07, 6.45) is 1.37. The number of rotatable bonds is 2. The van der Waals surface area contributed by atoms with Crippen LogP contribution in [0.2, 0.25) is 10.0 Å². The van der Waals surface area contributed by atoms with Crippen LogP contribution in [0, 0.1) is 5.41 Å². The summed E-state index contributed by atoms with van der Waals surface area (Å²) in [6, 6.07) is 5.43. The van der Waals surface area contributed by atoms with Crippen LogP contribution in [0.25, 0.3) is 0 Å². The van der Waals surface area contributed by atoms with Crippen LogP contribution in [0.3, 0.4) is 0 Å². The van der Waals surface area contributed by atoms with E-state index in [1.165, 1.54) is 0 Å². The number of benzene rings is 1. The molecule has 1 unspecified atom stereocenters. The van der Waals surface area contributed by atoms with Crippen molar-refractivity contribution in [3.05, 3.63) is 33.8 Å². The van der Waals surface area contributed by atoms with Gasteiger partial charge in [-0.3, -0.25) is 0 Å². The molecule has 0 saturated carbocycles. The maximum absolute atomic E-state index is 10.8. The minimum Gasteiger partial charge on any atom is -0.389 e. The van der Waals surface area contributed by atoms with Crippen molar-refractivity contribution in [2.45, 2.75) is 32.3 Å². The molecule has 0 aliphatic carbocycles. The second-order valence-corrected chi connectivity index (χ2v) is 7.80. The minimum atomic E-state index is -0.680. The van der Waals surface area contributed by atoms with E-state index >= 15 is 0 Å². The molecule has 1 atom stereocenters. The van der Waals surface area contributed by atoms with Crippen molar-refractivity contribution >= 4 is 35.0 Å². The minimum absolute atomic E-state index is 0.169. The summed E-state index contributed by atoms with van der Waals surface area (Å²) < 4.78 is 0. The molecule has 1 N–H and O–H groups in total. The van der Waals surface area contributed by atoms with E-state index in [0.29, 0.717) is 16.5 Å². The number of hydrogen-bond donors (Lipinski definition) is 1. The van der Waals surface area contributed by atoms with Gasteiger partial charge in [0.25, 0.3) is 0 Å². The van der Waals surface area contributed by atoms with Crippen molar-refractivity contribution in [2.24, 2.45) is 5.41 Å². The first-order valence-electron chi connectivity index (χ1n) is 6.04. The van der Waals surface area contributed by atoms with Crippen LogP contribution in [0.15, 0.2) is 18.2 Å². The number of aliphatic hydroxyl groups is 1. The van der Waals surface area contributed by atoms with Gasteiger partial charge in [-0.1, -0.05) is 37.0 Å². The molecule has 0 radical (unpaired) electrons. The lowest BCUT2D eigenvalue weighted by Crippen LogP contribution is -2.44. The van der Waals surface area contributed by atoms with Gasteiger partial charge in [-0.2, -0.15) is 11.8 Å². The number of halogens is 2. The van der Waals surface area contributed by atoms with Crippen LogP contribution in [0.5, 0.6) is 0 Å². The lowest BCUT2D eigenvalue weighted by Gasteiger charge is -2.41. The van der Waals surface area contributed by atoms with Gasteiger partial charge in [0.1, 0.15) is 0 Å². The molecule has 4 heteroatoms. The fourth-order valence-corrected chi connectivity index (χ4v) is 4.38. The number of thioether (sulfide) groups is 1. The number of hydrogen-bond acceptors (Lipinski definition) is 2. The molecule has 1 aromatic carbocycles. The first-order valence-corrected chi connectivity index (χ1v) is 7.95. The molecule has 1 aliphatic heterocycles. The Morgan fingerprint density at radius 3 is 2.67 bits per heavy atom. The van der Waals surface area contributed by atoms with Crippen LogP contribution in [-0.4, -0.2) is 22.2 Å². The van der Waals surface area contributed by atoms with Gasteiger partial charge in [-0.05, 0) is 41.4 Å². The molecule has 0 aromatic heterocycles. The van der Waals surface area contributed by atoms with E-state index in [-0.39, 0.29) is 5.41 Å². The van der Waals surface area contributed by atoms with E-state index in [4.69, 9.17) is 23.2 Å². The highest BCUT2D eigenvalue weighted by atomic mass is 35.5. The second kappa shape index (κ2) is 5.24. The molecular weight excluding hydrogens is 287 g/mol. The third-order valence-electron chi connectivity index (χ3n) is 3.20. The summed E-state index contributed by atoms with van der Waals surface area (Å²) in [5.74, 6) is 1.86. The van der Waals surface area contributed by atoms with Gasteiger partial charge in [0.15, 0.2) is 0 Å². The Morgan fingerprint density at radius 1 is 1.28 bits per heavy atom. The topological polar surface area (TPSA) is 20.2 Å². The molecule has 1 aliphatic rings. The van der Waals surface area contributed by atoms with Crippen LogP contribution in [0.4, 0.5) is 0 Å². The largest absolute Gasteiger partial charge is 0.389 e. The molecule has 2 rings (SSSR count). The van der Waals surface area contributed by atoms with Crippen molar-refractivity contribution in [2.75, 3.05) is 11.5 Å². The molecule has 1 heterocycles. The van der Waals surface area contributed by atoms with Gasteiger partial charge in [0.05, 0.1) is 5.60 Å². The predicted molar refractivity (Wildman–Crippen MR) is 80.8 cm³/mol. The fraction of sp³-hybridized carbons (Fsp3) is 0.571. The third kappa shape index (κ3) is 3.57. The Labute approximate surface area is 123 Å². The summed E-state index contributed by atoms with van der Waals surface area (Å²) >= 11 is 14.0. The van der Waals surface area contributed by atoms with Crippen LogP contribution in [0.1, 0.15) is 25.8 Å². The van der Waals surface area contributed by atoms with Crippen molar-refractivity contribution in [3.8, 4) is 0 Å². The van der Waals surface area contributed by atoms with Gasteiger partial charge in [-0.25, -0.2) is 0 Å². The molecule has 0 amide bonds. The average Bonchev–Trinajstić information content (AvgIpc) is 2.21. The molecule has 0 bridgehead atoms. The van der Waals surface area contributed by atoms with Crippen molar-refractivity contribution in [1.29, 1.82) is 0 Å². The molecule has 1 fully saturated rings. The highest BCUT2D eigenvalue weighted by Gasteiger charge is 2.39. The lowest BCUT2D eigenvalue weighted by molar-refractivity contribution is 0.0200. The second-order valence-electron chi connectivity index (χ2n) is 5.97. The van der Waals surface area contributed by atoms with Crippen LogP contribution in [-0.2, 0) is 6.42 Å². The zero-order valence-electron chi connectivity index (χ0n) is 10.7. The predicted octanol–water partition coefficient (Wildman–Crippen LogP) is 4.43. The smallest absolute Gasteiger partial charge is 0.0783 e. The first kappa shape index (κ1) is 14.5. The Morgan fingerprint density at radius 2 is 2.00 bits per heavy atom. The zero-order valence-corrected chi connectivity index (χ0v) is 13.0. The quantitative estimate of drug-likeness (QED) is 0.872. The van der Waals surface area contributed by atoms with Gasteiger partial charge in [-0.15, -0.1) is 0 Å². The Bertz CT molecular complexity index is 447. The van der Waals surface area contributed by atoms with E-state index in [1.807, 2.05) is 17.8 Å². The van der Waals surface area contributed by atoms with Crippen molar-refractivity contribution < 1.29 is 5.11 Å². The summed E-state index contributed by atoms with van der Waals surface area (Å²) in [7, 11) is 0. The molecule has 0 spiro atoms. The maximum atomic E-state index is 10.8. The standard InChI is InChI=1S/C14H18Cl2OS/c1-13(2)7-14(17,9-18-8-13)6-10-5-11(15)3-4-12(10)16/h3-5,17H,6-9H2,1-2H3. The lowest BCUT2D eigenvalue weighted by atomic mass is 9.79. The first-order chi connectivity index (χ1) is 8.30. The van der Waals surface area contributed by atoms with E-state index in [0.717, 1.165) is 23.5 Å². The van der Waals surface area contributed by atoms with Gasteiger partial charge in [0, 0.05) is 22.2 Å². The van der Waals surface area contributed by atoms with Crippen LogP contribution >= 0.6 is 35.0 Å². The van der Waals surface area contributed by atoms with Crippen molar-refractivity contribution in [3.63, 3.8) is 0 Å². The summed E-state index contributed by atoms with van der Waals surface area (Å²) in [5.41, 5.74) is 0.425. The maximum Gasteiger partial charge on any atom is 0.0783 e. The summed E-state index contributed by atoms with van der Waals surface area (Å²) in [4.78, 5) is 0.